The predicted octanol–water partition coefficient (Wildman–Crippen LogP) is 16.7. The van der Waals surface area contributed by atoms with Gasteiger partial charge in [-0.15, -0.1) is 0 Å². The third-order valence-electron chi connectivity index (χ3n) is 12.0. The fraction of sp³-hybridized carbons (Fsp3) is 0. The number of anilines is 3. The van der Waals surface area contributed by atoms with E-state index >= 15 is 0 Å². The number of hydrogen-bond donors (Lipinski definition) is 0. The lowest BCUT2D eigenvalue weighted by Gasteiger charge is -2.26. The summed E-state index contributed by atoms with van der Waals surface area (Å²) in [7, 11) is 0. The van der Waals surface area contributed by atoms with Gasteiger partial charge in [-0.2, -0.15) is 0 Å². The summed E-state index contributed by atoms with van der Waals surface area (Å²) in [5, 5.41) is 10.7. The second-order valence-corrected chi connectivity index (χ2v) is 15.3. The number of nitrogens with zero attached hydrogens (tertiary/aromatic N) is 1. The summed E-state index contributed by atoms with van der Waals surface area (Å²) in [6.45, 7) is 0. The quantitative estimate of drug-likeness (QED) is 0.157. The van der Waals surface area contributed by atoms with Crippen molar-refractivity contribution in [2.45, 2.75) is 0 Å². The van der Waals surface area contributed by atoms with Gasteiger partial charge in [-0.05, 0) is 119 Å². The van der Waals surface area contributed by atoms with E-state index in [9.17, 15) is 5.48 Å². The summed E-state index contributed by atoms with van der Waals surface area (Å²) in [6.07, 6.45) is 0. The molecule has 2 nitrogen and oxygen atoms in total. The molecule has 1 aromatic heterocycles. The van der Waals surface area contributed by atoms with Crippen molar-refractivity contribution in [2.75, 3.05) is 4.90 Å². The monoisotopic (exact) mass is 767 g/mol. The first-order chi connectivity index (χ1) is 31.4. The lowest BCUT2D eigenvalue weighted by Crippen LogP contribution is -2.10. The highest BCUT2D eigenvalue weighted by Gasteiger charge is 2.20. The first kappa shape index (κ1) is 30.2. The molecule has 11 aromatic carbocycles. The van der Waals surface area contributed by atoms with E-state index in [-0.39, 0.29) is 35.4 Å². The van der Waals surface area contributed by atoms with E-state index in [1.54, 1.807) is 0 Å². The minimum Gasteiger partial charge on any atom is -0.456 e. The maximum Gasteiger partial charge on any atom is 0.137 e. The summed E-state index contributed by atoms with van der Waals surface area (Å²) in [6, 6.07) is 67.4. The third-order valence-corrected chi connectivity index (χ3v) is 12.0. The van der Waals surface area contributed by atoms with Crippen molar-refractivity contribution in [1.82, 2.24) is 0 Å². The molecule has 0 aliphatic heterocycles. The number of hydrogen-bond acceptors (Lipinski definition) is 2. The van der Waals surface area contributed by atoms with Crippen LogP contribution in [0.25, 0.3) is 98.4 Å². The van der Waals surface area contributed by atoms with Crippen LogP contribution in [-0.2, 0) is 0 Å². The summed E-state index contributed by atoms with van der Waals surface area (Å²) in [5.41, 5.74) is 8.21. The molecule has 12 rings (SSSR count). The van der Waals surface area contributed by atoms with Crippen LogP contribution in [-0.4, -0.2) is 0 Å². The van der Waals surface area contributed by atoms with Crippen molar-refractivity contribution in [3.8, 4) is 33.4 Å². The smallest absolute Gasteiger partial charge is 0.137 e. The Morgan fingerprint density at radius 3 is 1.47 bits per heavy atom. The standard InChI is InChI=1S/C58H37NO/c1-3-12-46-40(10-1)30-36-52-48(15-7-17-50(46)52)42-24-22-38(23-25-42)39-26-32-44(33-27-39)59(55-19-9-21-57-58(55)54-14-5-6-20-56(54)60-57)45-34-28-43(29-35-45)49-16-8-18-51-47-13-4-2-11-41(47)31-37-53(49)51/h1-37H/i28D,29D,34D,35D. The van der Waals surface area contributed by atoms with Gasteiger partial charge in [0.15, 0.2) is 0 Å². The summed E-state index contributed by atoms with van der Waals surface area (Å²) >= 11 is 0. The fourth-order valence-electron chi connectivity index (χ4n) is 9.08. The topological polar surface area (TPSA) is 16.4 Å². The van der Waals surface area contributed by atoms with Crippen LogP contribution in [0.3, 0.4) is 0 Å². The van der Waals surface area contributed by atoms with Gasteiger partial charge < -0.3 is 9.32 Å². The van der Waals surface area contributed by atoms with Crippen LogP contribution in [0.4, 0.5) is 17.1 Å². The molecular weight excluding hydrogens is 727 g/mol. The van der Waals surface area contributed by atoms with Crippen molar-refractivity contribution >= 4 is 82.1 Å². The SMILES string of the molecule is [2H]c1c([2H])c(N(c2ccc(-c3ccc(-c4cccc5c4ccc4ccccc45)cc3)cc2)c2cccc3oc4ccccc4c23)c([2H])c([2H])c1-c1cccc2c1ccc1ccccc12. The molecule has 60 heavy (non-hydrogen) atoms. The summed E-state index contributed by atoms with van der Waals surface area (Å²) in [5.74, 6) is 0. The highest BCUT2D eigenvalue weighted by Crippen LogP contribution is 2.44. The average molecular weight is 768 g/mol. The minimum absolute atomic E-state index is 0.109. The van der Waals surface area contributed by atoms with Crippen LogP contribution in [0.5, 0.6) is 0 Å². The van der Waals surface area contributed by atoms with E-state index in [1.807, 2.05) is 102 Å². The second-order valence-electron chi connectivity index (χ2n) is 15.3. The zero-order valence-electron chi connectivity index (χ0n) is 36.4. The van der Waals surface area contributed by atoms with Crippen LogP contribution in [0.15, 0.2) is 229 Å². The molecule has 0 atom stereocenters. The fourth-order valence-corrected chi connectivity index (χ4v) is 9.08. The van der Waals surface area contributed by atoms with Gasteiger partial charge in [-0.3, -0.25) is 0 Å². The predicted molar refractivity (Wildman–Crippen MR) is 255 cm³/mol. The van der Waals surface area contributed by atoms with Crippen LogP contribution in [0.1, 0.15) is 5.48 Å². The molecule has 0 radical (unpaired) electrons. The zero-order valence-corrected chi connectivity index (χ0v) is 32.4. The van der Waals surface area contributed by atoms with Crippen LogP contribution in [0.2, 0.25) is 0 Å². The molecule has 12 aromatic rings. The molecule has 0 amide bonds. The van der Waals surface area contributed by atoms with E-state index < -0.39 is 0 Å². The molecule has 0 spiro atoms. The van der Waals surface area contributed by atoms with Crippen molar-refractivity contribution in [3.05, 3.63) is 224 Å². The van der Waals surface area contributed by atoms with E-state index in [1.165, 1.54) is 27.1 Å². The molecule has 280 valence electrons. The van der Waals surface area contributed by atoms with Gasteiger partial charge in [0.05, 0.1) is 16.6 Å². The molecule has 0 aliphatic rings. The Labute approximate surface area is 353 Å². The van der Waals surface area contributed by atoms with Gasteiger partial charge in [0, 0.05) is 16.8 Å². The van der Waals surface area contributed by atoms with Crippen LogP contribution < -0.4 is 4.90 Å². The second kappa shape index (κ2) is 13.9. The highest BCUT2D eigenvalue weighted by atomic mass is 16.3. The molecular formula is C58H37NO. The van der Waals surface area contributed by atoms with Gasteiger partial charge in [0.25, 0.3) is 0 Å². The lowest BCUT2D eigenvalue weighted by molar-refractivity contribution is 0.669. The van der Waals surface area contributed by atoms with E-state index in [0.29, 0.717) is 22.5 Å². The van der Waals surface area contributed by atoms with Crippen LogP contribution in [0, 0.1) is 0 Å². The Morgan fingerprint density at radius 2 is 0.817 bits per heavy atom. The van der Waals surface area contributed by atoms with Crippen molar-refractivity contribution in [2.24, 2.45) is 0 Å². The van der Waals surface area contributed by atoms with Gasteiger partial charge in [-0.1, -0.05) is 182 Å². The van der Waals surface area contributed by atoms with Crippen LogP contribution >= 0.6 is 0 Å². The number of para-hydroxylation sites is 1. The van der Waals surface area contributed by atoms with E-state index in [4.69, 9.17) is 4.42 Å². The van der Waals surface area contributed by atoms with Crippen molar-refractivity contribution in [3.63, 3.8) is 0 Å². The first-order valence-corrected chi connectivity index (χ1v) is 20.3. The van der Waals surface area contributed by atoms with E-state index in [2.05, 4.69) is 103 Å². The Morgan fingerprint density at radius 1 is 0.317 bits per heavy atom. The molecule has 1 heterocycles. The maximum atomic E-state index is 9.73. The number of fused-ring (bicyclic) bond motifs is 9. The van der Waals surface area contributed by atoms with Gasteiger partial charge in [-0.25, -0.2) is 0 Å². The molecule has 0 fully saturated rings. The summed E-state index contributed by atoms with van der Waals surface area (Å²) < 4.78 is 45.0. The van der Waals surface area contributed by atoms with Gasteiger partial charge in [0.1, 0.15) is 11.2 Å². The van der Waals surface area contributed by atoms with Gasteiger partial charge in [0.2, 0.25) is 0 Å². The first-order valence-electron chi connectivity index (χ1n) is 22.3. The maximum absolute atomic E-state index is 9.73. The molecule has 0 aliphatic carbocycles. The molecule has 0 unspecified atom stereocenters. The molecule has 0 saturated heterocycles. The Bertz CT molecular complexity index is 3810. The third kappa shape index (κ3) is 5.57. The molecule has 0 N–H and O–H groups in total. The Kier molecular flexibility index (Phi) is 6.98. The van der Waals surface area contributed by atoms with Crippen molar-refractivity contribution < 1.29 is 9.90 Å². The molecule has 0 bridgehead atoms. The largest absolute Gasteiger partial charge is 0.456 e. The lowest BCUT2D eigenvalue weighted by atomic mass is 9.93. The molecule has 2 heteroatoms. The average Bonchev–Trinajstić information content (AvgIpc) is 3.74. The molecule has 0 saturated carbocycles. The normalized spacial score (nSPS) is 12.6. The Balaban J connectivity index is 0.992. The summed E-state index contributed by atoms with van der Waals surface area (Å²) in [4.78, 5) is 1.86. The zero-order chi connectivity index (χ0) is 43.1. The van der Waals surface area contributed by atoms with E-state index in [0.717, 1.165) is 54.6 Å². The number of benzene rings is 11. The number of rotatable bonds is 6. The van der Waals surface area contributed by atoms with Crippen molar-refractivity contribution in [1.29, 1.82) is 0 Å². The van der Waals surface area contributed by atoms with Gasteiger partial charge >= 0.3 is 0 Å². The minimum atomic E-state index is -0.139. The Hall–Kier alpha value is -7.94. The number of furan rings is 1. The highest BCUT2D eigenvalue weighted by molar-refractivity contribution is 6.15.